The zero-order valence-corrected chi connectivity index (χ0v) is 11.2. The van der Waals surface area contributed by atoms with Crippen molar-refractivity contribution in [3.8, 4) is 0 Å². The molecule has 0 spiro atoms. The molecule has 0 aliphatic carbocycles. The highest BCUT2D eigenvalue weighted by Crippen LogP contribution is 2.33. The average molecular weight is 215 g/mol. The van der Waals surface area contributed by atoms with E-state index in [2.05, 4.69) is 33.0 Å². The van der Waals surface area contributed by atoms with Gasteiger partial charge in [0.1, 0.15) is 0 Å². The highest BCUT2D eigenvalue weighted by Gasteiger charge is 2.26. The molecular weight excluding hydrogens is 186 g/mol. The molecule has 0 aromatic carbocycles. The van der Waals surface area contributed by atoms with Crippen LogP contribution >= 0.6 is 0 Å². The molecule has 0 aromatic rings. The first-order valence-electron chi connectivity index (χ1n) is 6.30. The van der Waals surface area contributed by atoms with Crippen molar-refractivity contribution in [1.29, 1.82) is 0 Å². The van der Waals surface area contributed by atoms with E-state index in [9.17, 15) is 0 Å². The Morgan fingerprint density at radius 2 is 1.80 bits per heavy atom. The Hall–Kier alpha value is -0.0800. The fourth-order valence-corrected chi connectivity index (χ4v) is 2.25. The number of methoxy groups -OCH3 is 1. The fourth-order valence-electron chi connectivity index (χ4n) is 2.25. The number of nitrogens with one attached hydrogen (secondary N) is 1. The van der Waals surface area contributed by atoms with Crippen LogP contribution in [0.4, 0.5) is 0 Å². The van der Waals surface area contributed by atoms with Crippen LogP contribution in [0, 0.1) is 11.3 Å². The maximum Gasteiger partial charge on any atom is 0.0587 e. The van der Waals surface area contributed by atoms with Crippen LogP contribution in [0.3, 0.4) is 0 Å². The molecule has 0 radical (unpaired) electrons. The van der Waals surface area contributed by atoms with Gasteiger partial charge >= 0.3 is 0 Å². The van der Waals surface area contributed by atoms with Crippen molar-refractivity contribution in [2.75, 3.05) is 26.8 Å². The number of hydrogen-bond donors (Lipinski definition) is 1. The minimum atomic E-state index is 0.488. The predicted molar refractivity (Wildman–Crippen MR) is 67.2 cm³/mol. The topological polar surface area (TPSA) is 21.3 Å². The molecule has 15 heavy (non-hydrogen) atoms. The van der Waals surface area contributed by atoms with Crippen molar-refractivity contribution in [3.63, 3.8) is 0 Å². The highest BCUT2D eigenvalue weighted by atomic mass is 16.5. The lowest BCUT2D eigenvalue weighted by molar-refractivity contribution is 0.172. The molecule has 0 saturated heterocycles. The average Bonchev–Trinajstić information content (AvgIpc) is 2.22. The summed E-state index contributed by atoms with van der Waals surface area (Å²) in [5.41, 5.74) is 0.488. The summed E-state index contributed by atoms with van der Waals surface area (Å²) in [5.74, 6) is 0.786. The normalized spacial score (nSPS) is 12.4. The first kappa shape index (κ1) is 14.9. The molecule has 0 saturated carbocycles. The summed E-state index contributed by atoms with van der Waals surface area (Å²) in [5, 5.41) is 3.51. The first-order chi connectivity index (χ1) is 7.10. The molecule has 0 rings (SSSR count). The number of hydrogen-bond acceptors (Lipinski definition) is 2. The van der Waals surface area contributed by atoms with E-state index in [4.69, 9.17) is 4.74 Å². The molecule has 2 heteroatoms. The Kier molecular flexibility index (Phi) is 8.07. The summed E-state index contributed by atoms with van der Waals surface area (Å²) in [7, 11) is 1.75. The van der Waals surface area contributed by atoms with Crippen molar-refractivity contribution in [3.05, 3.63) is 0 Å². The van der Waals surface area contributed by atoms with Crippen LogP contribution in [0.1, 0.15) is 47.0 Å². The predicted octanol–water partition coefficient (Wildman–Crippen LogP) is 3.07. The van der Waals surface area contributed by atoms with Gasteiger partial charge in [-0.3, -0.25) is 0 Å². The number of rotatable bonds is 9. The van der Waals surface area contributed by atoms with Crippen LogP contribution in [0.15, 0.2) is 0 Å². The molecule has 0 heterocycles. The summed E-state index contributed by atoms with van der Waals surface area (Å²) in [4.78, 5) is 0. The van der Waals surface area contributed by atoms with E-state index in [-0.39, 0.29) is 0 Å². The highest BCUT2D eigenvalue weighted by molar-refractivity contribution is 4.80. The van der Waals surface area contributed by atoms with E-state index in [0.717, 1.165) is 25.6 Å². The second-order valence-electron chi connectivity index (χ2n) is 4.97. The quantitative estimate of drug-likeness (QED) is 0.597. The van der Waals surface area contributed by atoms with Gasteiger partial charge in [0.2, 0.25) is 0 Å². The van der Waals surface area contributed by atoms with Crippen molar-refractivity contribution < 1.29 is 4.74 Å². The van der Waals surface area contributed by atoms with Gasteiger partial charge in [-0.1, -0.05) is 27.7 Å². The summed E-state index contributed by atoms with van der Waals surface area (Å²) >= 11 is 0. The maximum absolute atomic E-state index is 5.04. The largest absolute Gasteiger partial charge is 0.383 e. The standard InChI is InChI=1S/C13H29NO/c1-6-13(7-2,10-12(3)4)11-14-8-9-15-5/h12,14H,6-11H2,1-5H3. The molecule has 2 nitrogen and oxygen atoms in total. The van der Waals surface area contributed by atoms with Gasteiger partial charge in [0, 0.05) is 20.2 Å². The van der Waals surface area contributed by atoms with E-state index in [1.165, 1.54) is 19.3 Å². The zero-order chi connectivity index (χ0) is 11.7. The monoisotopic (exact) mass is 215 g/mol. The van der Waals surface area contributed by atoms with Gasteiger partial charge in [0.05, 0.1) is 6.61 Å². The molecule has 0 atom stereocenters. The van der Waals surface area contributed by atoms with E-state index in [1.807, 2.05) is 0 Å². The first-order valence-corrected chi connectivity index (χ1v) is 6.30. The van der Waals surface area contributed by atoms with Gasteiger partial charge in [0.15, 0.2) is 0 Å². The molecule has 0 bridgehead atoms. The van der Waals surface area contributed by atoms with Crippen molar-refractivity contribution in [2.45, 2.75) is 47.0 Å². The molecule has 0 aromatic heterocycles. The van der Waals surface area contributed by atoms with Gasteiger partial charge in [-0.15, -0.1) is 0 Å². The molecule has 0 fully saturated rings. The summed E-state index contributed by atoms with van der Waals surface area (Å²) < 4.78 is 5.04. The van der Waals surface area contributed by atoms with Crippen LogP contribution in [0.5, 0.6) is 0 Å². The molecule has 0 amide bonds. The third-order valence-corrected chi connectivity index (χ3v) is 3.32. The zero-order valence-electron chi connectivity index (χ0n) is 11.2. The van der Waals surface area contributed by atoms with Crippen LogP contribution < -0.4 is 5.32 Å². The minimum absolute atomic E-state index is 0.488. The Bertz CT molecular complexity index is 141. The lowest BCUT2D eigenvalue weighted by Crippen LogP contribution is -2.36. The molecule has 0 aliphatic rings. The summed E-state index contributed by atoms with van der Waals surface area (Å²) in [6, 6.07) is 0. The van der Waals surface area contributed by atoms with Crippen molar-refractivity contribution >= 4 is 0 Å². The SMILES string of the molecule is CCC(CC)(CNCCOC)CC(C)C. The molecular formula is C13H29NO. The smallest absolute Gasteiger partial charge is 0.0587 e. The molecule has 1 N–H and O–H groups in total. The lowest BCUT2D eigenvalue weighted by atomic mass is 9.75. The van der Waals surface area contributed by atoms with Gasteiger partial charge < -0.3 is 10.1 Å². The molecule has 92 valence electrons. The second kappa shape index (κ2) is 8.12. The van der Waals surface area contributed by atoms with Gasteiger partial charge in [0.25, 0.3) is 0 Å². The van der Waals surface area contributed by atoms with E-state index < -0.39 is 0 Å². The summed E-state index contributed by atoms with van der Waals surface area (Å²) in [6.07, 6.45) is 3.85. The third kappa shape index (κ3) is 6.16. The Morgan fingerprint density at radius 3 is 2.20 bits per heavy atom. The van der Waals surface area contributed by atoms with Crippen molar-refractivity contribution in [1.82, 2.24) is 5.32 Å². The van der Waals surface area contributed by atoms with Crippen LogP contribution in [0.25, 0.3) is 0 Å². The Labute approximate surface area is 95.8 Å². The van der Waals surface area contributed by atoms with Crippen LogP contribution in [-0.4, -0.2) is 26.8 Å². The van der Waals surface area contributed by atoms with Gasteiger partial charge in [-0.2, -0.15) is 0 Å². The molecule has 0 unspecified atom stereocenters. The van der Waals surface area contributed by atoms with Gasteiger partial charge in [-0.25, -0.2) is 0 Å². The third-order valence-electron chi connectivity index (χ3n) is 3.32. The Balaban J connectivity index is 4.00. The van der Waals surface area contributed by atoms with Crippen LogP contribution in [-0.2, 0) is 4.74 Å². The lowest BCUT2D eigenvalue weighted by Gasteiger charge is -2.34. The summed E-state index contributed by atoms with van der Waals surface area (Å²) in [6.45, 7) is 12.2. The minimum Gasteiger partial charge on any atom is -0.383 e. The van der Waals surface area contributed by atoms with E-state index in [0.29, 0.717) is 5.41 Å². The fraction of sp³-hybridized carbons (Fsp3) is 1.00. The van der Waals surface area contributed by atoms with Crippen LogP contribution in [0.2, 0.25) is 0 Å². The van der Waals surface area contributed by atoms with E-state index in [1.54, 1.807) is 7.11 Å². The van der Waals surface area contributed by atoms with Crippen molar-refractivity contribution in [2.24, 2.45) is 11.3 Å². The molecule has 0 aliphatic heterocycles. The Morgan fingerprint density at radius 1 is 1.20 bits per heavy atom. The van der Waals surface area contributed by atoms with E-state index >= 15 is 0 Å². The number of ether oxygens (including phenoxy) is 1. The second-order valence-corrected chi connectivity index (χ2v) is 4.97. The maximum atomic E-state index is 5.04. The van der Waals surface area contributed by atoms with Gasteiger partial charge in [-0.05, 0) is 30.6 Å².